The predicted molar refractivity (Wildman–Crippen MR) is 104 cm³/mol. The number of carbonyl (C=O) groups is 1. The van der Waals surface area contributed by atoms with Gasteiger partial charge < -0.3 is 10.6 Å². The highest BCUT2D eigenvalue weighted by molar-refractivity contribution is 7.88. The normalized spacial score (nSPS) is 11.2. The average molecular weight is 396 g/mol. The van der Waals surface area contributed by atoms with Gasteiger partial charge in [-0.3, -0.25) is 0 Å². The van der Waals surface area contributed by atoms with Gasteiger partial charge in [-0.25, -0.2) is 17.9 Å². The van der Waals surface area contributed by atoms with Gasteiger partial charge in [0.2, 0.25) is 10.0 Å². The summed E-state index contributed by atoms with van der Waals surface area (Å²) in [6, 6.07) is 14.3. The van der Waals surface area contributed by atoms with Crippen molar-refractivity contribution in [1.29, 1.82) is 0 Å². The number of sulfonamides is 1. The molecule has 2 rings (SSSR count). The van der Waals surface area contributed by atoms with Gasteiger partial charge in [-0.1, -0.05) is 48.0 Å². The van der Waals surface area contributed by atoms with Crippen LogP contribution in [0, 0.1) is 0 Å². The number of hydrogen-bond donors (Lipinski definition) is 3. The molecule has 3 N–H and O–H groups in total. The zero-order valence-electron chi connectivity index (χ0n) is 14.5. The molecule has 26 heavy (non-hydrogen) atoms. The quantitative estimate of drug-likeness (QED) is 0.641. The fraction of sp³-hybridized carbons (Fsp3) is 0.278. The molecule has 0 spiro atoms. The first-order chi connectivity index (χ1) is 12.4. The minimum Gasteiger partial charge on any atom is -0.338 e. The second-order valence-electron chi connectivity index (χ2n) is 5.77. The van der Waals surface area contributed by atoms with Crippen LogP contribution < -0.4 is 15.4 Å². The van der Waals surface area contributed by atoms with Crippen molar-refractivity contribution < 1.29 is 13.2 Å². The number of rotatable bonds is 8. The van der Waals surface area contributed by atoms with Crippen LogP contribution in [0.25, 0.3) is 0 Å². The Morgan fingerprint density at radius 3 is 2.35 bits per heavy atom. The molecule has 0 radical (unpaired) electrons. The SMILES string of the molecule is CNS(=O)(=O)Cc1ccc(CNC(=O)NCCc2cccc(Cl)c2)cc1. The van der Waals surface area contributed by atoms with E-state index in [2.05, 4.69) is 15.4 Å². The zero-order chi connectivity index (χ0) is 19.0. The maximum Gasteiger partial charge on any atom is 0.315 e. The lowest BCUT2D eigenvalue weighted by molar-refractivity contribution is 0.240. The van der Waals surface area contributed by atoms with E-state index in [1.54, 1.807) is 24.3 Å². The number of benzene rings is 2. The summed E-state index contributed by atoms with van der Waals surface area (Å²) in [5, 5.41) is 6.24. The van der Waals surface area contributed by atoms with Gasteiger partial charge in [0.25, 0.3) is 0 Å². The van der Waals surface area contributed by atoms with E-state index in [1.165, 1.54) is 7.05 Å². The summed E-state index contributed by atoms with van der Waals surface area (Å²) in [4.78, 5) is 11.8. The highest BCUT2D eigenvalue weighted by atomic mass is 35.5. The molecule has 0 saturated carbocycles. The minimum absolute atomic E-state index is 0.0683. The number of halogens is 1. The van der Waals surface area contributed by atoms with Crippen LogP contribution in [0.4, 0.5) is 4.79 Å². The molecule has 0 unspecified atom stereocenters. The van der Waals surface area contributed by atoms with Gasteiger partial charge in [0.15, 0.2) is 0 Å². The van der Waals surface area contributed by atoms with E-state index in [-0.39, 0.29) is 11.8 Å². The first-order valence-corrected chi connectivity index (χ1v) is 10.2. The van der Waals surface area contributed by atoms with Gasteiger partial charge >= 0.3 is 6.03 Å². The Kier molecular flexibility index (Phi) is 7.44. The van der Waals surface area contributed by atoms with E-state index >= 15 is 0 Å². The summed E-state index contributed by atoms with van der Waals surface area (Å²) in [5.74, 6) is -0.0683. The maximum absolute atomic E-state index is 11.8. The number of urea groups is 1. The molecule has 2 aromatic rings. The van der Waals surface area contributed by atoms with Crippen molar-refractivity contribution in [2.45, 2.75) is 18.7 Å². The van der Waals surface area contributed by atoms with Gasteiger partial charge in [0.05, 0.1) is 5.75 Å². The average Bonchev–Trinajstić information content (AvgIpc) is 2.61. The highest BCUT2D eigenvalue weighted by Crippen LogP contribution is 2.10. The second kappa shape index (κ2) is 9.56. The highest BCUT2D eigenvalue weighted by Gasteiger charge is 2.08. The Morgan fingerprint density at radius 2 is 1.69 bits per heavy atom. The lowest BCUT2D eigenvalue weighted by Crippen LogP contribution is -2.36. The Morgan fingerprint density at radius 1 is 1.00 bits per heavy atom. The van der Waals surface area contributed by atoms with Gasteiger partial charge in [-0.15, -0.1) is 0 Å². The van der Waals surface area contributed by atoms with Gasteiger partial charge in [0, 0.05) is 18.1 Å². The van der Waals surface area contributed by atoms with Crippen LogP contribution in [0.3, 0.4) is 0 Å². The molecule has 0 aliphatic rings. The molecule has 0 bridgehead atoms. The van der Waals surface area contributed by atoms with Crippen LogP contribution in [0.1, 0.15) is 16.7 Å². The van der Waals surface area contributed by atoms with Crippen molar-refractivity contribution >= 4 is 27.7 Å². The topological polar surface area (TPSA) is 87.3 Å². The van der Waals surface area contributed by atoms with Crippen molar-refractivity contribution in [1.82, 2.24) is 15.4 Å². The van der Waals surface area contributed by atoms with Crippen LogP contribution >= 0.6 is 11.6 Å². The molecule has 0 aliphatic heterocycles. The smallest absolute Gasteiger partial charge is 0.315 e. The third-order valence-electron chi connectivity index (χ3n) is 3.73. The van der Waals surface area contributed by atoms with Crippen LogP contribution in [0.2, 0.25) is 5.02 Å². The van der Waals surface area contributed by atoms with Crippen molar-refractivity contribution in [3.8, 4) is 0 Å². The molecule has 0 heterocycles. The Hall–Kier alpha value is -2.09. The first kappa shape index (κ1) is 20.2. The largest absolute Gasteiger partial charge is 0.338 e. The maximum atomic E-state index is 11.8. The molecular weight excluding hydrogens is 374 g/mol. The van der Waals surface area contributed by atoms with Crippen LogP contribution in [-0.2, 0) is 28.7 Å². The lowest BCUT2D eigenvalue weighted by Gasteiger charge is -2.09. The molecule has 0 atom stereocenters. The molecule has 0 fully saturated rings. The number of nitrogens with one attached hydrogen (secondary N) is 3. The first-order valence-electron chi connectivity index (χ1n) is 8.13. The number of amides is 2. The molecule has 8 heteroatoms. The van der Waals surface area contributed by atoms with E-state index in [0.29, 0.717) is 30.1 Å². The molecular formula is C18H22ClN3O3S. The summed E-state index contributed by atoms with van der Waals surface area (Å²) in [5.41, 5.74) is 2.64. The third kappa shape index (κ3) is 7.03. The third-order valence-corrected chi connectivity index (χ3v) is 5.30. The van der Waals surface area contributed by atoms with E-state index in [4.69, 9.17) is 11.6 Å². The fourth-order valence-electron chi connectivity index (χ4n) is 2.30. The molecule has 0 aromatic heterocycles. The van der Waals surface area contributed by atoms with Gasteiger partial charge in [0.1, 0.15) is 0 Å². The number of hydrogen-bond acceptors (Lipinski definition) is 3. The van der Waals surface area contributed by atoms with Crippen molar-refractivity contribution in [2.75, 3.05) is 13.6 Å². The van der Waals surface area contributed by atoms with Crippen molar-refractivity contribution in [2.24, 2.45) is 0 Å². The number of carbonyl (C=O) groups excluding carboxylic acids is 1. The van der Waals surface area contributed by atoms with E-state index in [1.807, 2.05) is 24.3 Å². The van der Waals surface area contributed by atoms with E-state index in [0.717, 1.165) is 11.1 Å². The molecule has 0 aliphatic carbocycles. The van der Waals surface area contributed by atoms with E-state index < -0.39 is 10.0 Å². The van der Waals surface area contributed by atoms with Crippen LogP contribution in [0.5, 0.6) is 0 Å². The lowest BCUT2D eigenvalue weighted by atomic mass is 10.1. The molecule has 2 amide bonds. The summed E-state index contributed by atoms with van der Waals surface area (Å²) in [6.45, 7) is 0.870. The predicted octanol–water partition coefficient (Wildman–Crippen LogP) is 2.43. The monoisotopic (exact) mass is 395 g/mol. The second-order valence-corrected chi connectivity index (χ2v) is 8.13. The molecule has 6 nitrogen and oxygen atoms in total. The van der Waals surface area contributed by atoms with Crippen LogP contribution in [-0.4, -0.2) is 28.0 Å². The Bertz CT molecular complexity index is 839. The van der Waals surface area contributed by atoms with Crippen molar-refractivity contribution in [3.63, 3.8) is 0 Å². The van der Waals surface area contributed by atoms with Crippen LogP contribution in [0.15, 0.2) is 48.5 Å². The summed E-state index contributed by atoms with van der Waals surface area (Å²) in [6.07, 6.45) is 0.697. The Labute approximate surface area is 159 Å². The van der Waals surface area contributed by atoms with E-state index in [9.17, 15) is 13.2 Å². The standard InChI is InChI=1S/C18H22ClN3O3S/c1-20-26(24,25)13-16-7-5-15(6-8-16)12-22-18(23)21-10-9-14-3-2-4-17(19)11-14/h2-8,11,20H,9-10,12-13H2,1H3,(H2,21,22,23). The van der Waals surface area contributed by atoms with Gasteiger partial charge in [-0.2, -0.15) is 0 Å². The summed E-state index contributed by atoms with van der Waals surface area (Å²) >= 11 is 5.92. The van der Waals surface area contributed by atoms with Gasteiger partial charge in [-0.05, 0) is 42.3 Å². The zero-order valence-corrected chi connectivity index (χ0v) is 16.0. The molecule has 0 saturated heterocycles. The molecule has 2 aromatic carbocycles. The summed E-state index contributed by atoms with van der Waals surface area (Å²) < 4.78 is 25.3. The summed E-state index contributed by atoms with van der Waals surface area (Å²) in [7, 11) is -1.90. The Balaban J connectivity index is 1.73. The van der Waals surface area contributed by atoms with Crippen molar-refractivity contribution in [3.05, 3.63) is 70.2 Å². The molecule has 140 valence electrons. The fourth-order valence-corrected chi connectivity index (χ4v) is 3.29. The minimum atomic E-state index is -3.29.